The van der Waals surface area contributed by atoms with Gasteiger partial charge in [0.1, 0.15) is 30.3 Å². The van der Waals surface area contributed by atoms with Crippen molar-refractivity contribution in [3.8, 4) is 0 Å². The third-order valence-corrected chi connectivity index (χ3v) is 5.98. The van der Waals surface area contributed by atoms with Gasteiger partial charge < -0.3 is 4.90 Å². The minimum absolute atomic E-state index is 0.113. The van der Waals surface area contributed by atoms with Gasteiger partial charge in [0.25, 0.3) is 11.8 Å². The minimum Gasteiger partial charge on any atom is -0.302 e. The van der Waals surface area contributed by atoms with Crippen LogP contribution in [0, 0.1) is 11.6 Å². The van der Waals surface area contributed by atoms with Crippen LogP contribution in [-0.4, -0.2) is 28.3 Å². The number of carbonyl (C=O) groups excluding carboxylic acids is 2. The van der Waals surface area contributed by atoms with Gasteiger partial charge in [-0.2, -0.15) is 5.06 Å². The largest absolute Gasteiger partial charge is 0.302 e. The normalized spacial score (nSPS) is 18.1. The van der Waals surface area contributed by atoms with Gasteiger partial charge in [-0.3, -0.25) is 14.4 Å². The van der Waals surface area contributed by atoms with Crippen molar-refractivity contribution < 1.29 is 23.2 Å². The van der Waals surface area contributed by atoms with E-state index in [0.717, 1.165) is 41.2 Å². The van der Waals surface area contributed by atoms with Gasteiger partial charge in [-0.15, -0.1) is 0 Å². The Kier molecular flexibility index (Phi) is 5.64. The highest BCUT2D eigenvalue weighted by atomic mass is 19.1. The van der Waals surface area contributed by atoms with E-state index in [-0.39, 0.29) is 13.2 Å². The number of carbonyl (C=O) groups is 2. The summed E-state index contributed by atoms with van der Waals surface area (Å²) >= 11 is 0. The molecule has 3 aromatic rings. The summed E-state index contributed by atoms with van der Waals surface area (Å²) in [6, 6.07) is 20.2. The first kappa shape index (κ1) is 21.3. The Bertz CT molecular complexity index is 1180. The summed E-state index contributed by atoms with van der Waals surface area (Å²) in [5, 5.41) is 1.15. The van der Waals surface area contributed by atoms with Crippen LogP contribution in [0.15, 0.2) is 72.8 Å². The second kappa shape index (κ2) is 8.75. The highest BCUT2D eigenvalue weighted by Crippen LogP contribution is 2.42. The highest BCUT2D eigenvalue weighted by Gasteiger charge is 2.44. The molecule has 1 saturated heterocycles. The van der Waals surface area contributed by atoms with Crippen LogP contribution in [0.5, 0.6) is 0 Å². The van der Waals surface area contributed by atoms with E-state index < -0.39 is 35.2 Å². The van der Waals surface area contributed by atoms with Crippen molar-refractivity contribution in [2.45, 2.75) is 31.5 Å². The van der Waals surface area contributed by atoms with Crippen molar-refractivity contribution in [2.75, 3.05) is 6.54 Å². The van der Waals surface area contributed by atoms with Gasteiger partial charge in [-0.05, 0) is 47.6 Å². The fraction of sp³-hybridized carbons (Fsp3) is 0.231. The maximum absolute atomic E-state index is 14.4. The molecule has 5 rings (SSSR count). The standard InChI is InChI=1S/C26H22F2N2O3/c27-21-10-5-11-22(28)24(21)26(32)29-15-23(31)30(33-16-17-6-2-1-3-7-17)25(29)20-9-4-8-19(14-20)18-12-13-18/h1-11,14,18,25H,12-13,15-16H2. The topological polar surface area (TPSA) is 49.9 Å². The number of hydrogen-bond acceptors (Lipinski definition) is 3. The lowest BCUT2D eigenvalue weighted by Crippen LogP contribution is -2.36. The molecule has 0 bridgehead atoms. The van der Waals surface area contributed by atoms with Crippen LogP contribution in [0.3, 0.4) is 0 Å². The van der Waals surface area contributed by atoms with Gasteiger partial charge in [-0.25, -0.2) is 8.78 Å². The van der Waals surface area contributed by atoms with Crippen molar-refractivity contribution in [3.63, 3.8) is 0 Å². The zero-order chi connectivity index (χ0) is 22.9. The number of benzene rings is 3. The first-order valence-corrected chi connectivity index (χ1v) is 10.9. The van der Waals surface area contributed by atoms with Gasteiger partial charge >= 0.3 is 0 Å². The molecule has 7 heteroatoms. The molecule has 1 heterocycles. The molecule has 0 spiro atoms. The van der Waals surface area contributed by atoms with Crippen molar-refractivity contribution in [2.24, 2.45) is 0 Å². The summed E-state index contributed by atoms with van der Waals surface area (Å²) in [5.74, 6) is -2.85. The van der Waals surface area contributed by atoms with Gasteiger partial charge in [0.15, 0.2) is 6.17 Å². The van der Waals surface area contributed by atoms with Crippen molar-refractivity contribution in [3.05, 3.63) is 107 Å². The van der Waals surface area contributed by atoms with E-state index in [0.29, 0.717) is 11.5 Å². The van der Waals surface area contributed by atoms with Crippen molar-refractivity contribution in [1.29, 1.82) is 0 Å². The van der Waals surface area contributed by atoms with Crippen LogP contribution in [0.1, 0.15) is 52.0 Å². The molecule has 1 aliphatic carbocycles. The van der Waals surface area contributed by atoms with Crippen molar-refractivity contribution >= 4 is 11.8 Å². The summed E-state index contributed by atoms with van der Waals surface area (Å²) in [4.78, 5) is 33.3. The predicted octanol–water partition coefficient (Wildman–Crippen LogP) is 4.96. The molecule has 168 valence electrons. The van der Waals surface area contributed by atoms with Gasteiger partial charge in [0.05, 0.1) is 0 Å². The second-order valence-electron chi connectivity index (χ2n) is 8.33. The number of hydrogen-bond donors (Lipinski definition) is 0. The summed E-state index contributed by atoms with van der Waals surface area (Å²) in [6.45, 7) is -0.235. The van der Waals surface area contributed by atoms with E-state index in [1.807, 2.05) is 48.5 Å². The van der Waals surface area contributed by atoms with Gasteiger partial charge in [0, 0.05) is 0 Å². The molecule has 1 saturated carbocycles. The minimum atomic E-state index is -0.971. The van der Waals surface area contributed by atoms with E-state index in [1.54, 1.807) is 6.07 Å². The van der Waals surface area contributed by atoms with Crippen LogP contribution in [-0.2, 0) is 16.2 Å². The summed E-state index contributed by atoms with van der Waals surface area (Å²) < 4.78 is 28.8. The molecule has 2 aliphatic rings. The Hall–Kier alpha value is -3.58. The van der Waals surface area contributed by atoms with Crippen LogP contribution < -0.4 is 0 Å². The Morgan fingerprint density at radius 1 is 0.909 bits per heavy atom. The Morgan fingerprint density at radius 3 is 2.27 bits per heavy atom. The van der Waals surface area contributed by atoms with Crippen LogP contribution in [0.4, 0.5) is 8.78 Å². The molecule has 1 unspecified atom stereocenters. The first-order valence-electron chi connectivity index (χ1n) is 10.9. The summed E-state index contributed by atoms with van der Waals surface area (Å²) in [6.07, 6.45) is 1.24. The average molecular weight is 448 g/mol. The number of hydroxylamine groups is 2. The number of halogens is 2. The van der Waals surface area contributed by atoms with E-state index >= 15 is 0 Å². The fourth-order valence-corrected chi connectivity index (χ4v) is 4.16. The van der Waals surface area contributed by atoms with Gasteiger partial charge in [-0.1, -0.05) is 60.7 Å². The quantitative estimate of drug-likeness (QED) is 0.536. The Morgan fingerprint density at radius 2 is 1.58 bits per heavy atom. The molecule has 3 aromatic carbocycles. The second-order valence-corrected chi connectivity index (χ2v) is 8.33. The lowest BCUT2D eigenvalue weighted by molar-refractivity contribution is -0.201. The number of rotatable bonds is 6. The number of nitrogens with zero attached hydrogens (tertiary/aromatic N) is 2. The molecular formula is C26H22F2N2O3. The lowest BCUT2D eigenvalue weighted by Gasteiger charge is -2.30. The zero-order valence-electron chi connectivity index (χ0n) is 17.8. The average Bonchev–Trinajstić information content (AvgIpc) is 3.62. The summed E-state index contributed by atoms with van der Waals surface area (Å²) in [5.41, 5.74) is 1.93. The Balaban J connectivity index is 1.51. The van der Waals surface area contributed by atoms with Crippen LogP contribution >= 0.6 is 0 Å². The van der Waals surface area contributed by atoms with Crippen molar-refractivity contribution in [1.82, 2.24) is 9.96 Å². The maximum atomic E-state index is 14.4. The molecular weight excluding hydrogens is 426 g/mol. The monoisotopic (exact) mass is 448 g/mol. The fourth-order valence-electron chi connectivity index (χ4n) is 4.16. The number of amides is 2. The maximum Gasteiger partial charge on any atom is 0.268 e. The molecule has 1 aliphatic heterocycles. The SMILES string of the molecule is O=C(c1c(F)cccc1F)N1CC(=O)N(OCc2ccccc2)C1c1cccc(C2CC2)c1. The first-order chi connectivity index (χ1) is 16.0. The molecule has 0 N–H and O–H groups in total. The zero-order valence-corrected chi connectivity index (χ0v) is 17.8. The van der Waals surface area contributed by atoms with E-state index in [1.165, 1.54) is 11.0 Å². The van der Waals surface area contributed by atoms with E-state index in [4.69, 9.17) is 4.84 Å². The van der Waals surface area contributed by atoms with E-state index in [9.17, 15) is 18.4 Å². The van der Waals surface area contributed by atoms with Gasteiger partial charge in [0.2, 0.25) is 0 Å². The molecule has 2 amide bonds. The molecule has 0 aromatic heterocycles. The Labute approximate surface area is 190 Å². The highest BCUT2D eigenvalue weighted by molar-refractivity contribution is 5.98. The molecule has 5 nitrogen and oxygen atoms in total. The summed E-state index contributed by atoms with van der Waals surface area (Å²) in [7, 11) is 0. The molecule has 2 fully saturated rings. The molecule has 0 radical (unpaired) electrons. The van der Waals surface area contributed by atoms with Crippen LogP contribution in [0.2, 0.25) is 0 Å². The smallest absolute Gasteiger partial charge is 0.268 e. The molecule has 1 atom stereocenters. The third kappa shape index (κ3) is 4.24. The van der Waals surface area contributed by atoms with E-state index in [2.05, 4.69) is 0 Å². The molecule has 33 heavy (non-hydrogen) atoms. The lowest BCUT2D eigenvalue weighted by atomic mass is 10.0. The third-order valence-electron chi connectivity index (χ3n) is 5.98. The van der Waals surface area contributed by atoms with Crippen LogP contribution in [0.25, 0.3) is 0 Å². The predicted molar refractivity (Wildman–Crippen MR) is 117 cm³/mol.